The summed E-state index contributed by atoms with van der Waals surface area (Å²) in [7, 11) is 0. The first-order valence-corrected chi connectivity index (χ1v) is 8.05. The maximum atomic E-state index is 11.7. The summed E-state index contributed by atoms with van der Waals surface area (Å²) in [6, 6.07) is 12.6. The van der Waals surface area contributed by atoms with Gasteiger partial charge in [0, 0.05) is 24.8 Å². The van der Waals surface area contributed by atoms with Crippen LogP contribution in [0.5, 0.6) is 17.4 Å². The Morgan fingerprint density at radius 2 is 1.85 bits per heavy atom. The maximum absolute atomic E-state index is 11.7. The molecule has 0 bridgehead atoms. The Labute approximate surface area is 165 Å². The van der Waals surface area contributed by atoms with Crippen molar-refractivity contribution < 1.29 is 14.3 Å². The summed E-state index contributed by atoms with van der Waals surface area (Å²) >= 11 is 0. The molecular formula is C18H23Cl2N3O3. The van der Waals surface area contributed by atoms with E-state index < -0.39 is 0 Å². The van der Waals surface area contributed by atoms with Crippen molar-refractivity contribution in [2.24, 2.45) is 11.7 Å². The summed E-state index contributed by atoms with van der Waals surface area (Å²) in [5, 5.41) is 2.80. The summed E-state index contributed by atoms with van der Waals surface area (Å²) in [6.45, 7) is 0.474. The number of halogens is 2. The summed E-state index contributed by atoms with van der Waals surface area (Å²) in [5.74, 6) is 2.18. The number of pyridine rings is 1. The van der Waals surface area contributed by atoms with Gasteiger partial charge in [-0.3, -0.25) is 4.79 Å². The smallest absolute Gasteiger partial charge is 0.257 e. The Morgan fingerprint density at radius 3 is 2.46 bits per heavy atom. The summed E-state index contributed by atoms with van der Waals surface area (Å²) in [4.78, 5) is 15.8. The van der Waals surface area contributed by atoms with Crippen LogP contribution in [-0.4, -0.2) is 30.1 Å². The number of hydrogen-bond donors (Lipinski definition) is 2. The number of hydrogen-bond acceptors (Lipinski definition) is 5. The second kappa shape index (κ2) is 10.9. The van der Waals surface area contributed by atoms with E-state index in [-0.39, 0.29) is 43.4 Å². The SMILES string of the molecule is Cl.Cl.NC(CNC(=O)COc1ccc(Oc2ccccn2)cc1)C1CC1. The first kappa shape index (κ1) is 22.0. The molecule has 0 spiro atoms. The van der Waals surface area contributed by atoms with Crippen LogP contribution in [0.3, 0.4) is 0 Å². The van der Waals surface area contributed by atoms with Crippen LogP contribution in [0, 0.1) is 5.92 Å². The Balaban J connectivity index is 0.00000169. The fourth-order valence-corrected chi connectivity index (χ4v) is 2.25. The highest BCUT2D eigenvalue weighted by atomic mass is 35.5. The number of benzene rings is 1. The minimum absolute atomic E-state index is 0. The lowest BCUT2D eigenvalue weighted by atomic mass is 10.2. The van der Waals surface area contributed by atoms with Crippen LogP contribution in [0.1, 0.15) is 12.8 Å². The van der Waals surface area contributed by atoms with Crippen LogP contribution in [0.25, 0.3) is 0 Å². The van der Waals surface area contributed by atoms with Crippen molar-refractivity contribution in [2.75, 3.05) is 13.2 Å². The fourth-order valence-electron chi connectivity index (χ4n) is 2.25. The Bertz CT molecular complexity index is 667. The zero-order valence-electron chi connectivity index (χ0n) is 14.2. The largest absolute Gasteiger partial charge is 0.484 e. The van der Waals surface area contributed by atoms with Gasteiger partial charge in [-0.2, -0.15) is 0 Å². The number of amides is 1. The predicted molar refractivity (Wildman–Crippen MR) is 104 cm³/mol. The van der Waals surface area contributed by atoms with Gasteiger partial charge >= 0.3 is 0 Å². The zero-order chi connectivity index (χ0) is 16.8. The molecule has 1 aliphatic rings. The molecule has 1 aromatic heterocycles. The monoisotopic (exact) mass is 399 g/mol. The van der Waals surface area contributed by atoms with Gasteiger partial charge in [0.1, 0.15) is 11.5 Å². The molecular weight excluding hydrogens is 377 g/mol. The van der Waals surface area contributed by atoms with Crippen LogP contribution >= 0.6 is 24.8 Å². The summed E-state index contributed by atoms with van der Waals surface area (Å²) in [6.07, 6.45) is 4.00. The van der Waals surface area contributed by atoms with E-state index in [4.69, 9.17) is 15.2 Å². The molecule has 3 rings (SSSR count). The van der Waals surface area contributed by atoms with Gasteiger partial charge in [-0.1, -0.05) is 6.07 Å². The minimum atomic E-state index is -0.167. The van der Waals surface area contributed by atoms with Crippen LogP contribution in [0.2, 0.25) is 0 Å². The van der Waals surface area contributed by atoms with E-state index in [0.29, 0.717) is 29.8 Å². The molecule has 142 valence electrons. The number of carbonyl (C=O) groups is 1. The van der Waals surface area contributed by atoms with Gasteiger partial charge in [-0.05, 0) is 49.1 Å². The van der Waals surface area contributed by atoms with Gasteiger partial charge in [-0.25, -0.2) is 4.98 Å². The third-order valence-corrected chi connectivity index (χ3v) is 3.82. The lowest BCUT2D eigenvalue weighted by molar-refractivity contribution is -0.123. The molecule has 1 saturated carbocycles. The molecule has 1 aliphatic carbocycles. The highest BCUT2D eigenvalue weighted by Gasteiger charge is 2.28. The fraction of sp³-hybridized carbons (Fsp3) is 0.333. The van der Waals surface area contributed by atoms with E-state index in [1.807, 2.05) is 12.1 Å². The van der Waals surface area contributed by atoms with Crippen molar-refractivity contribution in [2.45, 2.75) is 18.9 Å². The van der Waals surface area contributed by atoms with E-state index >= 15 is 0 Å². The topological polar surface area (TPSA) is 86.5 Å². The van der Waals surface area contributed by atoms with Gasteiger partial charge in [-0.15, -0.1) is 24.8 Å². The number of rotatable bonds is 8. The molecule has 1 fully saturated rings. The van der Waals surface area contributed by atoms with E-state index in [9.17, 15) is 4.79 Å². The average molecular weight is 400 g/mol. The minimum Gasteiger partial charge on any atom is -0.484 e. The zero-order valence-corrected chi connectivity index (χ0v) is 15.8. The van der Waals surface area contributed by atoms with Gasteiger partial charge in [0.15, 0.2) is 6.61 Å². The van der Waals surface area contributed by atoms with Crippen LogP contribution < -0.4 is 20.5 Å². The van der Waals surface area contributed by atoms with Crippen molar-refractivity contribution in [3.05, 3.63) is 48.7 Å². The molecule has 1 unspecified atom stereocenters. The molecule has 3 N–H and O–H groups in total. The highest BCUT2D eigenvalue weighted by Crippen LogP contribution is 2.31. The van der Waals surface area contributed by atoms with Crippen LogP contribution in [-0.2, 0) is 4.79 Å². The van der Waals surface area contributed by atoms with Crippen molar-refractivity contribution in [1.82, 2.24) is 10.3 Å². The molecule has 26 heavy (non-hydrogen) atoms. The molecule has 1 heterocycles. The summed E-state index contributed by atoms with van der Waals surface area (Å²) in [5.41, 5.74) is 5.94. The molecule has 1 aromatic carbocycles. The predicted octanol–water partition coefficient (Wildman–Crippen LogP) is 2.95. The van der Waals surface area contributed by atoms with Crippen molar-refractivity contribution in [1.29, 1.82) is 0 Å². The molecule has 2 aromatic rings. The molecule has 0 radical (unpaired) electrons. The number of aromatic nitrogens is 1. The molecule has 0 saturated heterocycles. The Morgan fingerprint density at radius 1 is 1.15 bits per heavy atom. The van der Waals surface area contributed by atoms with Crippen LogP contribution in [0.4, 0.5) is 0 Å². The third-order valence-electron chi connectivity index (χ3n) is 3.82. The number of nitrogens with two attached hydrogens (primary N) is 1. The van der Waals surface area contributed by atoms with Crippen molar-refractivity contribution in [3.8, 4) is 17.4 Å². The lowest BCUT2D eigenvalue weighted by Crippen LogP contribution is -2.40. The molecule has 6 nitrogen and oxygen atoms in total. The Hall–Kier alpha value is -2.02. The normalized spacial score (nSPS) is 13.6. The van der Waals surface area contributed by atoms with E-state index in [2.05, 4.69) is 10.3 Å². The second-order valence-electron chi connectivity index (χ2n) is 5.84. The lowest BCUT2D eigenvalue weighted by Gasteiger charge is -2.12. The van der Waals surface area contributed by atoms with E-state index in [1.165, 1.54) is 12.8 Å². The van der Waals surface area contributed by atoms with E-state index in [0.717, 1.165) is 0 Å². The second-order valence-corrected chi connectivity index (χ2v) is 5.84. The molecule has 1 atom stereocenters. The van der Waals surface area contributed by atoms with E-state index in [1.54, 1.807) is 36.5 Å². The van der Waals surface area contributed by atoms with Crippen LogP contribution in [0.15, 0.2) is 48.7 Å². The molecule has 8 heteroatoms. The number of nitrogens with zero attached hydrogens (tertiary/aromatic N) is 1. The standard InChI is InChI=1S/C18H21N3O3.2ClH/c19-16(13-4-5-13)11-21-17(22)12-23-14-6-8-15(9-7-14)24-18-3-1-2-10-20-18;;/h1-3,6-10,13,16H,4-5,11-12,19H2,(H,21,22);2*1H. The maximum Gasteiger partial charge on any atom is 0.257 e. The summed E-state index contributed by atoms with van der Waals surface area (Å²) < 4.78 is 11.0. The number of carbonyl (C=O) groups excluding carboxylic acids is 1. The van der Waals surface area contributed by atoms with Gasteiger partial charge in [0.05, 0.1) is 0 Å². The first-order valence-electron chi connectivity index (χ1n) is 8.05. The van der Waals surface area contributed by atoms with Crippen molar-refractivity contribution >= 4 is 30.7 Å². The first-order chi connectivity index (χ1) is 11.7. The van der Waals surface area contributed by atoms with Gasteiger partial charge in [0.25, 0.3) is 5.91 Å². The average Bonchev–Trinajstić information content (AvgIpc) is 3.45. The number of ether oxygens (including phenoxy) is 2. The molecule has 0 aliphatic heterocycles. The Kier molecular flexibility index (Phi) is 9.19. The quantitative estimate of drug-likeness (QED) is 0.712. The highest BCUT2D eigenvalue weighted by molar-refractivity contribution is 5.85. The number of nitrogens with one attached hydrogen (secondary N) is 1. The van der Waals surface area contributed by atoms with Gasteiger partial charge < -0.3 is 20.5 Å². The van der Waals surface area contributed by atoms with Crippen molar-refractivity contribution in [3.63, 3.8) is 0 Å². The molecule has 1 amide bonds. The van der Waals surface area contributed by atoms with Gasteiger partial charge in [0.2, 0.25) is 5.88 Å². The third kappa shape index (κ3) is 7.07.